The summed E-state index contributed by atoms with van der Waals surface area (Å²) in [6.45, 7) is 4.71. The van der Waals surface area contributed by atoms with Gasteiger partial charge < -0.3 is 15.3 Å². The van der Waals surface area contributed by atoms with E-state index in [-0.39, 0.29) is 19.0 Å². The predicted molar refractivity (Wildman–Crippen MR) is 101 cm³/mol. The molecule has 0 saturated heterocycles. The highest BCUT2D eigenvalue weighted by atomic mass is 35.5. The standard InChI is InChI=1S/C19H24N2O2.ClH/c1-15(2)20-13-18(22)14-23-21-19(16-9-5-3-6-10-16)17-11-7-4-8-12-17;/h3-12,15,18,20,22H,13-14H2,1-2H3;1H. The highest BCUT2D eigenvalue weighted by Crippen LogP contribution is 2.11. The minimum absolute atomic E-state index is 0. The van der Waals surface area contributed by atoms with Gasteiger partial charge in [0.25, 0.3) is 0 Å². The van der Waals surface area contributed by atoms with Crippen LogP contribution in [0.15, 0.2) is 65.8 Å². The maximum Gasteiger partial charge on any atom is 0.144 e. The van der Waals surface area contributed by atoms with E-state index in [2.05, 4.69) is 10.5 Å². The van der Waals surface area contributed by atoms with Gasteiger partial charge in [0.1, 0.15) is 18.4 Å². The summed E-state index contributed by atoms with van der Waals surface area (Å²) in [5, 5.41) is 17.3. The molecular weight excluding hydrogens is 324 g/mol. The molecule has 2 aromatic carbocycles. The van der Waals surface area contributed by atoms with Gasteiger partial charge in [0.15, 0.2) is 0 Å². The SMILES string of the molecule is CC(C)NCC(O)CON=C(c1ccccc1)c1ccccc1.Cl. The number of aliphatic hydroxyl groups excluding tert-OH is 1. The Kier molecular flexibility index (Phi) is 9.08. The fourth-order valence-corrected chi connectivity index (χ4v) is 2.08. The first kappa shape index (κ1) is 20.2. The van der Waals surface area contributed by atoms with Crippen LogP contribution in [0.4, 0.5) is 0 Å². The molecule has 0 heterocycles. The van der Waals surface area contributed by atoms with Crippen LogP contribution in [0.3, 0.4) is 0 Å². The molecule has 0 aliphatic carbocycles. The summed E-state index contributed by atoms with van der Waals surface area (Å²) in [6.07, 6.45) is -0.589. The van der Waals surface area contributed by atoms with E-state index in [0.717, 1.165) is 16.8 Å². The second kappa shape index (κ2) is 10.8. The van der Waals surface area contributed by atoms with Crippen LogP contribution in [0.5, 0.6) is 0 Å². The number of nitrogens with one attached hydrogen (secondary N) is 1. The van der Waals surface area contributed by atoms with E-state index < -0.39 is 6.10 Å². The molecule has 0 bridgehead atoms. The molecule has 0 fully saturated rings. The smallest absolute Gasteiger partial charge is 0.144 e. The maximum atomic E-state index is 9.90. The Hall–Kier alpha value is -1.88. The summed E-state index contributed by atoms with van der Waals surface area (Å²) in [5.74, 6) is 0. The molecule has 2 N–H and O–H groups in total. The Bertz CT molecular complexity index is 562. The van der Waals surface area contributed by atoms with Crippen LogP contribution in [-0.4, -0.2) is 36.1 Å². The molecule has 2 aromatic rings. The second-order valence-electron chi connectivity index (χ2n) is 5.68. The molecule has 0 radical (unpaired) electrons. The first-order valence-electron chi connectivity index (χ1n) is 7.89. The molecule has 0 aromatic heterocycles. The van der Waals surface area contributed by atoms with Crippen molar-refractivity contribution in [2.45, 2.75) is 26.0 Å². The lowest BCUT2D eigenvalue weighted by molar-refractivity contribution is 0.0396. The van der Waals surface area contributed by atoms with Gasteiger partial charge in [-0.1, -0.05) is 79.7 Å². The summed E-state index contributed by atoms with van der Waals surface area (Å²) in [5.41, 5.74) is 2.72. The molecule has 5 heteroatoms. The van der Waals surface area contributed by atoms with Crippen LogP contribution in [0.1, 0.15) is 25.0 Å². The van der Waals surface area contributed by atoms with Crippen LogP contribution in [0, 0.1) is 0 Å². The van der Waals surface area contributed by atoms with Gasteiger partial charge in [-0.2, -0.15) is 0 Å². The Morgan fingerprint density at radius 2 is 1.50 bits per heavy atom. The Morgan fingerprint density at radius 1 is 1.00 bits per heavy atom. The number of hydrogen-bond acceptors (Lipinski definition) is 4. The number of aliphatic hydroxyl groups is 1. The molecule has 1 unspecified atom stereocenters. The third kappa shape index (κ3) is 6.71. The molecule has 0 saturated carbocycles. The average Bonchev–Trinajstić information content (AvgIpc) is 2.58. The monoisotopic (exact) mass is 348 g/mol. The first-order valence-corrected chi connectivity index (χ1v) is 7.89. The van der Waals surface area contributed by atoms with Crippen LogP contribution >= 0.6 is 12.4 Å². The number of halogens is 1. The van der Waals surface area contributed by atoms with Gasteiger partial charge in [-0.05, 0) is 0 Å². The number of rotatable bonds is 8. The maximum absolute atomic E-state index is 9.90. The normalized spacial score (nSPS) is 11.5. The third-order valence-electron chi connectivity index (χ3n) is 3.28. The minimum atomic E-state index is -0.589. The van der Waals surface area contributed by atoms with E-state index in [9.17, 15) is 5.11 Å². The van der Waals surface area contributed by atoms with Crippen molar-refractivity contribution in [1.29, 1.82) is 0 Å². The van der Waals surface area contributed by atoms with Gasteiger partial charge in [-0.25, -0.2) is 0 Å². The summed E-state index contributed by atoms with van der Waals surface area (Å²) in [7, 11) is 0. The number of benzene rings is 2. The van der Waals surface area contributed by atoms with Crippen LogP contribution in [0.2, 0.25) is 0 Å². The highest BCUT2D eigenvalue weighted by molar-refractivity contribution is 6.12. The summed E-state index contributed by atoms with van der Waals surface area (Å²) >= 11 is 0. The van der Waals surface area contributed by atoms with Crippen LogP contribution < -0.4 is 5.32 Å². The summed E-state index contributed by atoms with van der Waals surface area (Å²) in [6, 6.07) is 20.1. The van der Waals surface area contributed by atoms with E-state index in [0.29, 0.717) is 12.6 Å². The fraction of sp³-hybridized carbons (Fsp3) is 0.316. The van der Waals surface area contributed by atoms with Gasteiger partial charge in [-0.3, -0.25) is 0 Å². The Morgan fingerprint density at radius 3 is 1.96 bits per heavy atom. The number of oxime groups is 1. The van der Waals surface area contributed by atoms with Gasteiger partial charge in [0.2, 0.25) is 0 Å². The van der Waals surface area contributed by atoms with Gasteiger partial charge in [-0.15, -0.1) is 12.4 Å². The molecule has 0 aliphatic rings. The predicted octanol–water partition coefficient (Wildman–Crippen LogP) is 3.24. The van der Waals surface area contributed by atoms with Crippen molar-refractivity contribution in [3.63, 3.8) is 0 Å². The molecule has 24 heavy (non-hydrogen) atoms. The van der Waals surface area contributed by atoms with Crippen molar-refractivity contribution < 1.29 is 9.94 Å². The Balaban J connectivity index is 0.00000288. The molecule has 2 rings (SSSR count). The van der Waals surface area contributed by atoms with E-state index in [1.807, 2.05) is 74.5 Å². The van der Waals surface area contributed by atoms with Gasteiger partial charge in [0.05, 0.1) is 0 Å². The van der Waals surface area contributed by atoms with Crippen LogP contribution in [-0.2, 0) is 4.84 Å². The third-order valence-corrected chi connectivity index (χ3v) is 3.28. The van der Waals surface area contributed by atoms with Crippen molar-refractivity contribution in [3.8, 4) is 0 Å². The Labute approximate surface area is 150 Å². The zero-order valence-corrected chi connectivity index (χ0v) is 14.9. The number of nitrogens with zero attached hydrogens (tertiary/aromatic N) is 1. The molecule has 0 aliphatic heterocycles. The quantitative estimate of drug-likeness (QED) is 0.569. The molecule has 130 valence electrons. The molecule has 0 amide bonds. The molecule has 4 nitrogen and oxygen atoms in total. The topological polar surface area (TPSA) is 53.8 Å². The summed E-state index contributed by atoms with van der Waals surface area (Å²) in [4.78, 5) is 5.40. The lowest BCUT2D eigenvalue weighted by Crippen LogP contribution is -2.34. The fourth-order valence-electron chi connectivity index (χ4n) is 2.08. The molecule has 0 spiro atoms. The van der Waals surface area contributed by atoms with Crippen molar-refractivity contribution in [1.82, 2.24) is 5.32 Å². The van der Waals surface area contributed by atoms with Gasteiger partial charge >= 0.3 is 0 Å². The van der Waals surface area contributed by atoms with Crippen molar-refractivity contribution in [2.24, 2.45) is 5.16 Å². The van der Waals surface area contributed by atoms with E-state index in [1.54, 1.807) is 0 Å². The molecular formula is C19H25ClN2O2. The zero-order valence-electron chi connectivity index (χ0n) is 14.1. The van der Waals surface area contributed by atoms with E-state index >= 15 is 0 Å². The van der Waals surface area contributed by atoms with E-state index in [4.69, 9.17) is 4.84 Å². The largest absolute Gasteiger partial charge is 0.392 e. The van der Waals surface area contributed by atoms with E-state index in [1.165, 1.54) is 0 Å². The first-order chi connectivity index (χ1) is 11.2. The highest BCUT2D eigenvalue weighted by Gasteiger charge is 2.09. The zero-order chi connectivity index (χ0) is 16.5. The average molecular weight is 349 g/mol. The van der Waals surface area contributed by atoms with Crippen molar-refractivity contribution in [2.75, 3.05) is 13.2 Å². The van der Waals surface area contributed by atoms with Gasteiger partial charge in [0, 0.05) is 23.7 Å². The summed E-state index contributed by atoms with van der Waals surface area (Å²) < 4.78 is 0. The molecule has 1 atom stereocenters. The lowest BCUT2D eigenvalue weighted by atomic mass is 10.0. The van der Waals surface area contributed by atoms with Crippen molar-refractivity contribution >= 4 is 18.1 Å². The lowest BCUT2D eigenvalue weighted by Gasteiger charge is -2.13. The van der Waals surface area contributed by atoms with Crippen LogP contribution in [0.25, 0.3) is 0 Å². The number of hydrogen-bond donors (Lipinski definition) is 2. The van der Waals surface area contributed by atoms with Crippen molar-refractivity contribution in [3.05, 3.63) is 71.8 Å². The second-order valence-corrected chi connectivity index (χ2v) is 5.68. The minimum Gasteiger partial charge on any atom is -0.392 e.